The maximum atomic E-state index is 14.5. The maximum absolute atomic E-state index is 14.5. The summed E-state index contributed by atoms with van der Waals surface area (Å²) in [6.45, 7) is 2.90. The molecule has 1 aromatic carbocycles. The number of carbonyl (C=O) groups excluding carboxylic acids is 1. The molecule has 38 heavy (non-hydrogen) atoms. The summed E-state index contributed by atoms with van der Waals surface area (Å²) < 4.78 is 46.7. The SMILES string of the molecule is CS(=O)(=O)OCCCCCNC(=O)Cc1ccc(OCCCC2CCN(c3ncc(Cl)cn3)CC2)cc1F. The fourth-order valence-electron chi connectivity index (χ4n) is 4.29. The van der Waals surface area contributed by atoms with E-state index >= 15 is 0 Å². The van der Waals surface area contributed by atoms with E-state index in [0.717, 1.165) is 45.0 Å². The Balaban J connectivity index is 1.27. The van der Waals surface area contributed by atoms with Crippen LogP contribution in [-0.4, -0.2) is 63.4 Å². The molecule has 12 heteroatoms. The Morgan fingerprint density at radius 1 is 1.13 bits per heavy atom. The predicted molar refractivity (Wildman–Crippen MR) is 144 cm³/mol. The molecule has 3 rings (SSSR count). The smallest absolute Gasteiger partial charge is 0.264 e. The van der Waals surface area contributed by atoms with Gasteiger partial charge >= 0.3 is 0 Å². The van der Waals surface area contributed by atoms with Crippen LogP contribution in [0.1, 0.15) is 50.5 Å². The van der Waals surface area contributed by atoms with Crippen LogP contribution in [0.5, 0.6) is 5.75 Å². The van der Waals surface area contributed by atoms with Crippen LogP contribution in [0.3, 0.4) is 0 Å². The summed E-state index contributed by atoms with van der Waals surface area (Å²) in [6, 6.07) is 4.61. The summed E-state index contributed by atoms with van der Waals surface area (Å²) in [7, 11) is -3.42. The summed E-state index contributed by atoms with van der Waals surface area (Å²) in [5.41, 5.74) is 0.313. The van der Waals surface area contributed by atoms with Gasteiger partial charge in [-0.3, -0.25) is 8.98 Å². The molecule has 0 saturated carbocycles. The highest BCUT2D eigenvalue weighted by Crippen LogP contribution is 2.25. The van der Waals surface area contributed by atoms with Crippen LogP contribution < -0.4 is 15.0 Å². The van der Waals surface area contributed by atoms with Gasteiger partial charge in [0.2, 0.25) is 11.9 Å². The lowest BCUT2D eigenvalue weighted by molar-refractivity contribution is -0.120. The van der Waals surface area contributed by atoms with E-state index in [1.807, 2.05) is 0 Å². The Hall–Kier alpha value is -2.50. The van der Waals surface area contributed by atoms with Crippen molar-refractivity contribution in [2.75, 3.05) is 44.0 Å². The van der Waals surface area contributed by atoms with Crippen LogP contribution in [0.15, 0.2) is 30.6 Å². The summed E-state index contributed by atoms with van der Waals surface area (Å²) in [6.07, 6.45) is 10.2. The predicted octanol–water partition coefficient (Wildman–Crippen LogP) is 4.15. The van der Waals surface area contributed by atoms with Crippen LogP contribution in [0.4, 0.5) is 10.3 Å². The third-order valence-corrected chi connectivity index (χ3v) is 7.14. The van der Waals surface area contributed by atoms with Gasteiger partial charge in [0.05, 0.1) is 43.3 Å². The number of unbranched alkanes of at least 4 members (excludes halogenated alkanes) is 2. The van der Waals surface area contributed by atoms with Gasteiger partial charge in [0.15, 0.2) is 0 Å². The number of benzene rings is 1. The molecule has 1 N–H and O–H groups in total. The fraction of sp³-hybridized carbons (Fsp3) is 0.577. The second-order valence-corrected chi connectivity index (χ2v) is 11.6. The number of rotatable bonds is 15. The van der Waals surface area contributed by atoms with Crippen LogP contribution in [0, 0.1) is 11.7 Å². The molecule has 0 spiro atoms. The lowest BCUT2D eigenvalue weighted by Gasteiger charge is -2.31. The van der Waals surface area contributed by atoms with Crippen LogP contribution in [0.2, 0.25) is 5.02 Å². The molecule has 1 amide bonds. The van der Waals surface area contributed by atoms with Gasteiger partial charge in [0, 0.05) is 25.7 Å². The molecular weight excluding hydrogens is 535 g/mol. The number of anilines is 1. The largest absolute Gasteiger partial charge is 0.493 e. The van der Waals surface area contributed by atoms with Gasteiger partial charge in [-0.25, -0.2) is 14.4 Å². The van der Waals surface area contributed by atoms with Crippen molar-refractivity contribution in [3.63, 3.8) is 0 Å². The lowest BCUT2D eigenvalue weighted by Crippen LogP contribution is -2.34. The standard InChI is InChI=1S/C26H36ClFN4O5S/c1-38(34,35)37-15-4-2-3-11-29-25(33)16-21-7-8-23(17-24(21)28)36-14-5-6-20-9-12-32(13-10-20)26-30-18-22(27)19-31-26/h7-8,17-20H,2-6,9-16H2,1H3,(H,29,33). The topological polar surface area (TPSA) is 111 Å². The molecular formula is C26H36ClFN4O5S. The molecule has 1 aliphatic rings. The maximum Gasteiger partial charge on any atom is 0.264 e. The van der Waals surface area contributed by atoms with E-state index in [1.54, 1.807) is 24.5 Å². The Labute approximate surface area is 229 Å². The van der Waals surface area contributed by atoms with Gasteiger partial charge < -0.3 is 15.0 Å². The highest BCUT2D eigenvalue weighted by atomic mass is 35.5. The third kappa shape index (κ3) is 11.1. The number of halogens is 2. The highest BCUT2D eigenvalue weighted by molar-refractivity contribution is 7.85. The van der Waals surface area contributed by atoms with Crippen LogP contribution in [0.25, 0.3) is 0 Å². The van der Waals surface area contributed by atoms with E-state index in [9.17, 15) is 17.6 Å². The molecule has 0 atom stereocenters. The lowest BCUT2D eigenvalue weighted by atomic mass is 9.92. The quantitative estimate of drug-likeness (QED) is 0.251. The molecule has 1 saturated heterocycles. The van der Waals surface area contributed by atoms with Gasteiger partial charge in [-0.2, -0.15) is 8.42 Å². The van der Waals surface area contributed by atoms with Gasteiger partial charge in [0.25, 0.3) is 10.1 Å². The van der Waals surface area contributed by atoms with Crippen molar-refractivity contribution >= 4 is 33.6 Å². The van der Waals surface area contributed by atoms with Crippen molar-refractivity contribution in [1.82, 2.24) is 15.3 Å². The van der Waals surface area contributed by atoms with E-state index in [0.29, 0.717) is 60.6 Å². The molecule has 2 heterocycles. The zero-order chi connectivity index (χ0) is 27.4. The second-order valence-electron chi connectivity index (χ2n) is 9.49. The zero-order valence-corrected chi connectivity index (χ0v) is 23.3. The first kappa shape index (κ1) is 30.0. The minimum Gasteiger partial charge on any atom is -0.493 e. The average molecular weight is 571 g/mol. The van der Waals surface area contributed by atoms with Crippen molar-refractivity contribution in [3.8, 4) is 5.75 Å². The molecule has 1 aromatic heterocycles. The Morgan fingerprint density at radius 2 is 1.87 bits per heavy atom. The number of hydrogen-bond donors (Lipinski definition) is 1. The van der Waals surface area contributed by atoms with Crippen molar-refractivity contribution in [2.24, 2.45) is 5.92 Å². The van der Waals surface area contributed by atoms with E-state index in [4.69, 9.17) is 16.3 Å². The number of piperidine rings is 1. The molecule has 0 aliphatic carbocycles. The van der Waals surface area contributed by atoms with E-state index in [2.05, 4.69) is 24.4 Å². The number of aromatic nitrogens is 2. The minimum absolute atomic E-state index is 0.0525. The zero-order valence-electron chi connectivity index (χ0n) is 21.7. The highest BCUT2D eigenvalue weighted by Gasteiger charge is 2.20. The number of carbonyl (C=O) groups is 1. The number of hydrogen-bond acceptors (Lipinski definition) is 8. The van der Waals surface area contributed by atoms with Crippen molar-refractivity contribution in [2.45, 2.75) is 51.4 Å². The Bertz CT molecular complexity index is 1130. The first-order chi connectivity index (χ1) is 18.2. The number of nitrogens with zero attached hydrogens (tertiary/aromatic N) is 3. The fourth-order valence-corrected chi connectivity index (χ4v) is 4.81. The van der Waals surface area contributed by atoms with Crippen LogP contribution in [-0.2, 0) is 25.5 Å². The van der Waals surface area contributed by atoms with Crippen molar-refractivity contribution < 1.29 is 26.5 Å². The molecule has 0 bridgehead atoms. The molecule has 1 aliphatic heterocycles. The van der Waals surface area contributed by atoms with Crippen molar-refractivity contribution in [3.05, 3.63) is 47.0 Å². The number of amides is 1. The first-order valence-electron chi connectivity index (χ1n) is 12.9. The number of nitrogens with one attached hydrogen (secondary N) is 1. The summed E-state index contributed by atoms with van der Waals surface area (Å²) >= 11 is 5.86. The molecule has 0 unspecified atom stereocenters. The second kappa shape index (κ2) is 15.2. The van der Waals surface area contributed by atoms with Gasteiger partial charge in [-0.1, -0.05) is 17.7 Å². The monoisotopic (exact) mass is 570 g/mol. The van der Waals surface area contributed by atoms with Crippen LogP contribution >= 0.6 is 11.6 Å². The summed E-state index contributed by atoms with van der Waals surface area (Å²) in [5, 5.41) is 3.29. The van der Waals surface area contributed by atoms with Gasteiger partial charge in [-0.15, -0.1) is 0 Å². The summed E-state index contributed by atoms with van der Waals surface area (Å²) in [5.74, 6) is 1.05. The number of ether oxygens (including phenoxy) is 1. The molecule has 9 nitrogen and oxygen atoms in total. The molecule has 0 radical (unpaired) electrons. The Morgan fingerprint density at radius 3 is 2.55 bits per heavy atom. The van der Waals surface area contributed by atoms with E-state index in [1.165, 1.54) is 6.07 Å². The minimum atomic E-state index is -3.42. The summed E-state index contributed by atoms with van der Waals surface area (Å²) in [4.78, 5) is 22.9. The van der Waals surface area contributed by atoms with E-state index in [-0.39, 0.29) is 18.9 Å². The van der Waals surface area contributed by atoms with Gasteiger partial charge in [-0.05, 0) is 62.5 Å². The molecule has 210 valence electrons. The first-order valence-corrected chi connectivity index (χ1v) is 15.1. The average Bonchev–Trinajstić information content (AvgIpc) is 2.88. The van der Waals surface area contributed by atoms with Crippen molar-refractivity contribution in [1.29, 1.82) is 0 Å². The third-order valence-electron chi connectivity index (χ3n) is 6.35. The Kier molecular flexibility index (Phi) is 12.0. The van der Waals surface area contributed by atoms with E-state index < -0.39 is 15.9 Å². The normalized spacial score (nSPS) is 14.4. The molecule has 1 fully saturated rings. The van der Waals surface area contributed by atoms with Gasteiger partial charge in [0.1, 0.15) is 11.6 Å². The molecule has 2 aromatic rings.